The van der Waals surface area contributed by atoms with Gasteiger partial charge in [0.1, 0.15) is 18.8 Å². The van der Waals surface area contributed by atoms with E-state index < -0.39 is 124 Å². The Morgan fingerprint density at radius 2 is 0.935 bits per heavy atom. The van der Waals surface area contributed by atoms with Crippen molar-refractivity contribution in [1.29, 1.82) is 0 Å². The fourth-order valence-corrected chi connectivity index (χ4v) is 4.35. The van der Waals surface area contributed by atoms with Gasteiger partial charge in [0.15, 0.2) is 70.2 Å². The molecule has 0 radical (unpaired) electrons. The number of ether oxygens (including phenoxy) is 5. The maximum atomic E-state index is 13.1. The summed E-state index contributed by atoms with van der Waals surface area (Å²) >= 11 is 0. The Bertz CT molecular complexity index is 1600. The molecule has 0 saturated carbocycles. The normalized spacial score (nSPS) is 20.9. The maximum absolute atomic E-state index is 13.1. The summed E-state index contributed by atoms with van der Waals surface area (Å²) in [6, 6.07) is 4.38. The van der Waals surface area contributed by atoms with E-state index in [1.54, 1.807) is 0 Å². The van der Waals surface area contributed by atoms with Gasteiger partial charge in [0.05, 0.1) is 16.7 Å². The monoisotopic (exact) mass is 650 g/mol. The number of aliphatic hydroxyl groups is 1. The van der Waals surface area contributed by atoms with Gasteiger partial charge in [-0.15, -0.1) is 0 Å². The third-order valence-corrected chi connectivity index (χ3v) is 6.66. The van der Waals surface area contributed by atoms with Crippen LogP contribution in [0.4, 0.5) is 0 Å². The van der Waals surface area contributed by atoms with Crippen LogP contribution in [-0.2, 0) is 23.7 Å². The molecule has 1 aliphatic heterocycles. The number of esters is 3. The number of aromatic hydroxyl groups is 9. The Balaban J connectivity index is 1.69. The first kappa shape index (κ1) is 33.1. The van der Waals surface area contributed by atoms with E-state index in [4.69, 9.17) is 23.7 Å². The van der Waals surface area contributed by atoms with Crippen LogP contribution < -0.4 is 0 Å². The van der Waals surface area contributed by atoms with Crippen LogP contribution in [0.5, 0.6) is 51.7 Å². The molecule has 18 heteroatoms. The quantitative estimate of drug-likeness (QED) is 0.0894. The molecule has 1 heterocycles. The number of benzene rings is 3. The molecular weight excluding hydrogens is 624 g/mol. The van der Waals surface area contributed by atoms with E-state index in [1.807, 2.05) is 0 Å². The zero-order chi connectivity index (χ0) is 34.0. The van der Waals surface area contributed by atoms with E-state index in [9.17, 15) is 65.4 Å². The third-order valence-electron chi connectivity index (χ3n) is 6.66. The van der Waals surface area contributed by atoms with Gasteiger partial charge < -0.3 is 74.7 Å². The lowest BCUT2D eigenvalue weighted by Crippen LogP contribution is -2.62. The predicted octanol–water partition coefficient (Wildman–Crippen LogP) is 0.377. The molecule has 0 aromatic heterocycles. The van der Waals surface area contributed by atoms with Gasteiger partial charge in [-0.3, -0.25) is 0 Å². The van der Waals surface area contributed by atoms with Crippen molar-refractivity contribution in [2.24, 2.45) is 0 Å². The highest BCUT2D eigenvalue weighted by molar-refractivity contribution is 5.93. The fourth-order valence-electron chi connectivity index (χ4n) is 4.35. The lowest BCUT2D eigenvalue weighted by molar-refractivity contribution is -0.290. The summed E-state index contributed by atoms with van der Waals surface area (Å²) in [7, 11) is 1.05. The summed E-state index contributed by atoms with van der Waals surface area (Å²) in [5.74, 6) is -12.1. The first-order valence-electron chi connectivity index (χ1n) is 12.8. The highest BCUT2D eigenvalue weighted by atomic mass is 16.7. The molecule has 0 aliphatic carbocycles. The Morgan fingerprint density at radius 3 is 1.30 bits per heavy atom. The minimum Gasteiger partial charge on any atom is -0.504 e. The Morgan fingerprint density at radius 1 is 0.587 bits per heavy atom. The van der Waals surface area contributed by atoms with Crippen LogP contribution in [0.2, 0.25) is 0 Å². The second-order valence-corrected chi connectivity index (χ2v) is 9.69. The fraction of sp³-hybridized carbons (Fsp3) is 0.250. The lowest BCUT2D eigenvalue weighted by Gasteiger charge is -2.42. The standard InChI is InChI=1S/C28H26O18/c1-42-24-23(46-27(40)11-6-16(33)21(37)17(34)7-11)22(45-26(39)10-4-14(31)20(36)15(32)5-10)18(44-28(24)41)8-43-25(38)9-2-12(29)19(35)13(30)3-9/h2-7,18,22-24,28-37,41H,8H2,1H3/t18-,22-,23+,24-,28-/m1/s1. The summed E-state index contributed by atoms with van der Waals surface area (Å²) in [4.78, 5) is 38.9. The number of aliphatic hydroxyl groups excluding tert-OH is 1. The molecule has 10 N–H and O–H groups in total. The number of hydrogen-bond acceptors (Lipinski definition) is 18. The van der Waals surface area contributed by atoms with Crippen molar-refractivity contribution < 1.29 is 89.1 Å². The minimum atomic E-state index is -1.95. The van der Waals surface area contributed by atoms with E-state index in [0.717, 1.165) is 31.4 Å². The molecule has 0 spiro atoms. The molecule has 0 unspecified atom stereocenters. The number of phenols is 9. The largest absolute Gasteiger partial charge is 0.504 e. The van der Waals surface area contributed by atoms with Gasteiger partial charge in [0.2, 0.25) is 0 Å². The van der Waals surface area contributed by atoms with E-state index in [1.165, 1.54) is 0 Å². The third kappa shape index (κ3) is 6.62. The van der Waals surface area contributed by atoms with Crippen molar-refractivity contribution in [3.8, 4) is 51.7 Å². The molecule has 0 amide bonds. The second-order valence-electron chi connectivity index (χ2n) is 9.69. The SMILES string of the molecule is CO[C@@H]1[C@@H](OC(=O)c2cc(O)c(O)c(O)c2)[C@H](OC(=O)c2cc(O)c(O)c(O)c2)[C@@H](COC(=O)c2cc(O)c(O)c(O)c2)O[C@H]1O. The summed E-state index contributed by atoms with van der Waals surface area (Å²) < 4.78 is 26.6. The Hall–Kier alpha value is -5.85. The first-order valence-corrected chi connectivity index (χ1v) is 12.8. The summed E-state index contributed by atoms with van der Waals surface area (Å²) in [6.45, 7) is -0.881. The van der Waals surface area contributed by atoms with Gasteiger partial charge in [0.25, 0.3) is 0 Å². The molecule has 18 nitrogen and oxygen atoms in total. The molecule has 246 valence electrons. The summed E-state index contributed by atoms with van der Waals surface area (Å²) in [5, 5.41) is 98.2. The van der Waals surface area contributed by atoms with Crippen molar-refractivity contribution in [2.45, 2.75) is 30.7 Å². The zero-order valence-corrected chi connectivity index (χ0v) is 23.3. The lowest BCUT2D eigenvalue weighted by atomic mass is 9.98. The van der Waals surface area contributed by atoms with Crippen molar-refractivity contribution in [3.63, 3.8) is 0 Å². The Kier molecular flexibility index (Phi) is 9.36. The average molecular weight is 650 g/mol. The van der Waals surface area contributed by atoms with Gasteiger partial charge in [0, 0.05) is 7.11 Å². The predicted molar refractivity (Wildman–Crippen MR) is 145 cm³/mol. The maximum Gasteiger partial charge on any atom is 0.338 e. The highest BCUT2D eigenvalue weighted by Gasteiger charge is 2.51. The number of rotatable bonds is 8. The van der Waals surface area contributed by atoms with Crippen molar-refractivity contribution >= 4 is 17.9 Å². The Labute approximate surface area is 256 Å². The molecule has 1 aliphatic rings. The van der Waals surface area contributed by atoms with Crippen LogP contribution in [0, 0.1) is 0 Å². The van der Waals surface area contributed by atoms with Crippen molar-refractivity contribution in [1.82, 2.24) is 0 Å². The average Bonchev–Trinajstić information content (AvgIpc) is 3.00. The number of carbonyl (C=O) groups excluding carboxylic acids is 3. The molecule has 46 heavy (non-hydrogen) atoms. The van der Waals surface area contributed by atoms with Crippen LogP contribution in [-0.4, -0.2) is 113 Å². The smallest absolute Gasteiger partial charge is 0.338 e. The van der Waals surface area contributed by atoms with Gasteiger partial charge in [-0.25, -0.2) is 14.4 Å². The van der Waals surface area contributed by atoms with E-state index in [2.05, 4.69) is 0 Å². The number of methoxy groups -OCH3 is 1. The molecule has 4 rings (SSSR count). The molecule has 1 fully saturated rings. The van der Waals surface area contributed by atoms with E-state index in [0.29, 0.717) is 12.1 Å². The van der Waals surface area contributed by atoms with Gasteiger partial charge in [-0.05, 0) is 36.4 Å². The van der Waals surface area contributed by atoms with Crippen LogP contribution in [0.1, 0.15) is 31.1 Å². The van der Waals surface area contributed by atoms with E-state index >= 15 is 0 Å². The minimum absolute atomic E-state index is 0.461. The van der Waals surface area contributed by atoms with Crippen molar-refractivity contribution in [3.05, 3.63) is 53.1 Å². The number of carbonyl (C=O) groups is 3. The first-order chi connectivity index (χ1) is 21.6. The molecule has 0 bridgehead atoms. The topological polar surface area (TPSA) is 300 Å². The van der Waals surface area contributed by atoms with Crippen LogP contribution in [0.3, 0.4) is 0 Å². The summed E-state index contributed by atoms with van der Waals surface area (Å²) in [6.07, 6.45) is -8.94. The molecule has 3 aromatic rings. The zero-order valence-electron chi connectivity index (χ0n) is 23.3. The summed E-state index contributed by atoms with van der Waals surface area (Å²) in [5.41, 5.74) is -1.54. The molecular formula is C28H26O18. The van der Waals surface area contributed by atoms with Crippen molar-refractivity contribution in [2.75, 3.05) is 13.7 Å². The highest BCUT2D eigenvalue weighted by Crippen LogP contribution is 2.39. The number of phenolic OH excluding ortho intramolecular Hbond substituents is 9. The molecule has 1 saturated heterocycles. The van der Waals surface area contributed by atoms with Gasteiger partial charge >= 0.3 is 17.9 Å². The molecule has 5 atom stereocenters. The van der Waals surface area contributed by atoms with Crippen LogP contribution in [0.25, 0.3) is 0 Å². The van der Waals surface area contributed by atoms with Crippen LogP contribution in [0.15, 0.2) is 36.4 Å². The number of hydrogen-bond donors (Lipinski definition) is 10. The van der Waals surface area contributed by atoms with Gasteiger partial charge in [-0.2, -0.15) is 0 Å². The second kappa shape index (κ2) is 13.0. The van der Waals surface area contributed by atoms with Crippen LogP contribution >= 0.6 is 0 Å². The van der Waals surface area contributed by atoms with Gasteiger partial charge in [-0.1, -0.05) is 0 Å². The molecule has 3 aromatic carbocycles. The van der Waals surface area contributed by atoms with E-state index in [-0.39, 0.29) is 0 Å².